The summed E-state index contributed by atoms with van der Waals surface area (Å²) in [4.78, 5) is 33.4. The van der Waals surface area contributed by atoms with Crippen LogP contribution in [0.3, 0.4) is 0 Å². The number of carbonyl (C=O) groups is 2. The molecule has 4 rings (SSSR count). The summed E-state index contributed by atoms with van der Waals surface area (Å²) >= 11 is 6.36. The molecule has 0 radical (unpaired) electrons. The fraction of sp³-hybridized carbons (Fsp3) is 0.839. The van der Waals surface area contributed by atoms with Gasteiger partial charge in [0.1, 0.15) is 6.04 Å². The predicted octanol–water partition coefficient (Wildman–Crippen LogP) is 5.82. The molecule has 0 aromatic carbocycles. The molecule has 218 valence electrons. The number of likely N-dealkylation sites (tertiary alicyclic amines) is 1. The van der Waals surface area contributed by atoms with Gasteiger partial charge < -0.3 is 15.7 Å². The number of alkyl halides is 1. The number of hydrogen-bond donors (Lipinski definition) is 1. The number of carbonyl (C=O) groups excluding carboxylic acids is 2. The number of rotatable bonds is 7. The zero-order valence-corrected chi connectivity index (χ0v) is 24.2. The Bertz CT molecular complexity index is 847. The van der Waals surface area contributed by atoms with E-state index in [9.17, 15) is 9.59 Å². The van der Waals surface area contributed by atoms with E-state index in [4.69, 9.17) is 16.6 Å². The number of amides is 2. The Labute approximate surface area is 236 Å². The van der Waals surface area contributed by atoms with Crippen LogP contribution in [0.1, 0.15) is 99.3 Å². The van der Waals surface area contributed by atoms with Gasteiger partial charge in [0.15, 0.2) is 0 Å². The predicted molar refractivity (Wildman–Crippen MR) is 159 cm³/mol. The van der Waals surface area contributed by atoms with Crippen LogP contribution in [-0.2, 0) is 9.59 Å². The van der Waals surface area contributed by atoms with Gasteiger partial charge >= 0.3 is 0 Å². The van der Waals surface area contributed by atoms with Crippen LogP contribution < -0.4 is 5.32 Å². The molecule has 4 atom stereocenters. The summed E-state index contributed by atoms with van der Waals surface area (Å²) in [6.07, 6.45) is 14.9. The van der Waals surface area contributed by atoms with Crippen molar-refractivity contribution < 1.29 is 15.1 Å². The summed E-state index contributed by atoms with van der Waals surface area (Å²) in [5, 5.41) is 3.47. The Hall–Kier alpha value is -1.40. The van der Waals surface area contributed by atoms with Crippen LogP contribution in [0.2, 0.25) is 0 Å². The maximum Gasteiger partial charge on any atom is 0.245 e. The van der Waals surface area contributed by atoms with E-state index in [1.54, 1.807) is 0 Å². The van der Waals surface area contributed by atoms with Gasteiger partial charge in [-0.05, 0) is 93.0 Å². The van der Waals surface area contributed by atoms with Crippen molar-refractivity contribution in [1.82, 2.24) is 10.2 Å². The van der Waals surface area contributed by atoms with Gasteiger partial charge in [-0.25, -0.2) is 0 Å². The number of nitrogens with one attached hydrogen (secondary N) is 1. The highest BCUT2D eigenvalue weighted by molar-refractivity contribution is 6.20. The number of nitrogens with zero attached hydrogens (tertiary/aromatic N) is 2. The van der Waals surface area contributed by atoms with Gasteiger partial charge in [-0.2, -0.15) is 0 Å². The maximum atomic E-state index is 13.6. The molecule has 3 N–H and O–H groups in total. The molecule has 0 aromatic heterocycles. The molecule has 2 fully saturated rings. The third-order valence-corrected chi connectivity index (χ3v) is 9.90. The monoisotopic (exact) mass is 551 g/mol. The second-order valence-corrected chi connectivity index (χ2v) is 13.6. The topological polar surface area (TPSA) is 93.3 Å². The lowest BCUT2D eigenvalue weighted by atomic mass is 9.64. The van der Waals surface area contributed by atoms with E-state index >= 15 is 0 Å². The minimum atomic E-state index is -0.448. The summed E-state index contributed by atoms with van der Waals surface area (Å²) in [5.41, 5.74) is 1.34. The standard InChI is InChI=1S/C30H48ClN3O2.CH4.H2O/c1-20(2)28(33-27(35)14-9-21-17-23-7-5-6-8-26(23)32-18-21)29(36)34-16-15-25(30(3,4)19-34)22-10-12-24(31)13-11-22;;/h6,8,20-25,28H,5,7,9-19H2,1-4H3,(H,33,35);1H4;1H2/t21?,22?,23?,24?,25?,28-;;/m1../s1. The zero-order valence-electron chi connectivity index (χ0n) is 23.5. The summed E-state index contributed by atoms with van der Waals surface area (Å²) in [5.74, 6) is 2.56. The molecule has 1 saturated carbocycles. The van der Waals surface area contributed by atoms with Crippen LogP contribution in [0.25, 0.3) is 0 Å². The van der Waals surface area contributed by atoms with Gasteiger partial charge in [0.05, 0.1) is 0 Å². The Morgan fingerprint density at radius 1 is 1.16 bits per heavy atom. The van der Waals surface area contributed by atoms with E-state index in [0.717, 1.165) is 64.1 Å². The van der Waals surface area contributed by atoms with Crippen LogP contribution in [0.15, 0.2) is 17.1 Å². The maximum absolute atomic E-state index is 13.6. The number of allylic oxidation sites excluding steroid dienone is 2. The minimum absolute atomic E-state index is 0. The van der Waals surface area contributed by atoms with Crippen molar-refractivity contribution in [2.45, 2.75) is 111 Å². The van der Waals surface area contributed by atoms with Crippen LogP contribution >= 0.6 is 11.6 Å². The molecule has 2 amide bonds. The molecule has 2 aliphatic carbocycles. The van der Waals surface area contributed by atoms with Crippen molar-refractivity contribution in [2.75, 3.05) is 19.6 Å². The molecule has 1 saturated heterocycles. The van der Waals surface area contributed by atoms with E-state index in [0.29, 0.717) is 29.6 Å². The van der Waals surface area contributed by atoms with Crippen molar-refractivity contribution in [3.05, 3.63) is 12.2 Å². The summed E-state index contributed by atoms with van der Waals surface area (Å²) in [6.45, 7) is 11.1. The number of aliphatic imine (C=N–C) groups is 1. The fourth-order valence-corrected chi connectivity index (χ4v) is 7.59. The van der Waals surface area contributed by atoms with Crippen molar-refractivity contribution in [3.63, 3.8) is 0 Å². The molecular formula is C31H54ClN3O3. The second-order valence-electron chi connectivity index (χ2n) is 13.0. The van der Waals surface area contributed by atoms with Gasteiger partial charge in [0.25, 0.3) is 0 Å². The van der Waals surface area contributed by atoms with Crippen LogP contribution in [0.4, 0.5) is 0 Å². The average molecular weight is 552 g/mol. The number of halogens is 1. The van der Waals surface area contributed by atoms with Crippen molar-refractivity contribution in [1.29, 1.82) is 0 Å². The minimum Gasteiger partial charge on any atom is -0.412 e. The lowest BCUT2D eigenvalue weighted by Crippen LogP contribution is -2.57. The SMILES string of the molecule is C.CC(C)[C@@H](NC(=O)CCC1CN=C2C=CCCC2C1)C(=O)N1CCC(C2CCC(Cl)CC2)C(C)(C)C1.O. The molecule has 2 aliphatic heterocycles. The van der Waals surface area contributed by atoms with Crippen LogP contribution in [0.5, 0.6) is 0 Å². The van der Waals surface area contributed by atoms with Crippen LogP contribution in [0, 0.1) is 35.0 Å². The van der Waals surface area contributed by atoms with E-state index in [-0.39, 0.29) is 36.1 Å². The van der Waals surface area contributed by atoms with E-state index in [1.807, 2.05) is 18.7 Å². The quantitative estimate of drug-likeness (QED) is 0.404. The molecule has 3 unspecified atom stereocenters. The molecular weight excluding hydrogens is 498 g/mol. The van der Waals surface area contributed by atoms with Gasteiger partial charge in [0, 0.05) is 43.1 Å². The van der Waals surface area contributed by atoms with E-state index in [1.165, 1.54) is 25.0 Å². The van der Waals surface area contributed by atoms with Crippen molar-refractivity contribution >= 4 is 29.1 Å². The highest BCUT2D eigenvalue weighted by Crippen LogP contribution is 2.45. The largest absolute Gasteiger partial charge is 0.412 e. The molecule has 2 heterocycles. The summed E-state index contributed by atoms with van der Waals surface area (Å²) in [7, 11) is 0. The lowest BCUT2D eigenvalue weighted by Gasteiger charge is -2.49. The molecule has 7 heteroatoms. The highest BCUT2D eigenvalue weighted by Gasteiger charge is 2.43. The van der Waals surface area contributed by atoms with Gasteiger partial charge in [-0.3, -0.25) is 14.6 Å². The Morgan fingerprint density at radius 2 is 1.87 bits per heavy atom. The second kappa shape index (κ2) is 14.3. The van der Waals surface area contributed by atoms with E-state index < -0.39 is 6.04 Å². The Kier molecular flexibility index (Phi) is 12.3. The first-order valence-electron chi connectivity index (χ1n) is 14.6. The zero-order chi connectivity index (χ0) is 25.9. The third kappa shape index (κ3) is 8.06. The molecule has 6 nitrogen and oxygen atoms in total. The molecule has 38 heavy (non-hydrogen) atoms. The van der Waals surface area contributed by atoms with Crippen molar-refractivity contribution in [3.8, 4) is 0 Å². The molecule has 0 spiro atoms. The van der Waals surface area contributed by atoms with Crippen molar-refractivity contribution in [2.24, 2.45) is 40.0 Å². The fourth-order valence-electron chi connectivity index (χ4n) is 7.33. The van der Waals surface area contributed by atoms with Gasteiger partial charge in [-0.1, -0.05) is 41.2 Å². The van der Waals surface area contributed by atoms with E-state index in [2.05, 4.69) is 31.3 Å². The number of fused-ring (bicyclic) bond motifs is 1. The normalized spacial score (nSPS) is 31.3. The van der Waals surface area contributed by atoms with Gasteiger partial charge in [-0.15, -0.1) is 11.6 Å². The molecule has 4 aliphatic rings. The number of piperidine rings is 1. The summed E-state index contributed by atoms with van der Waals surface area (Å²) in [6, 6.07) is -0.448. The first-order valence-corrected chi connectivity index (χ1v) is 15.0. The lowest BCUT2D eigenvalue weighted by molar-refractivity contribution is -0.142. The highest BCUT2D eigenvalue weighted by atomic mass is 35.5. The smallest absolute Gasteiger partial charge is 0.245 e. The average Bonchev–Trinajstić information content (AvgIpc) is 2.85. The summed E-state index contributed by atoms with van der Waals surface area (Å²) < 4.78 is 0. The first kappa shape index (κ1) is 32.8. The Morgan fingerprint density at radius 3 is 2.53 bits per heavy atom. The van der Waals surface area contributed by atoms with Crippen LogP contribution in [-0.4, -0.2) is 59.0 Å². The Balaban J connectivity index is 0.00000253. The van der Waals surface area contributed by atoms with Gasteiger partial charge in [0.2, 0.25) is 11.8 Å². The molecule has 0 aromatic rings. The first-order chi connectivity index (χ1) is 17.1. The molecule has 0 bridgehead atoms. The number of hydrogen-bond acceptors (Lipinski definition) is 3. The third-order valence-electron chi connectivity index (χ3n) is 9.46.